The van der Waals surface area contributed by atoms with E-state index < -0.39 is 8.60 Å². The Labute approximate surface area is 43.4 Å². The van der Waals surface area contributed by atoms with E-state index in [1.54, 1.807) is 0 Å². The second-order valence-electron chi connectivity index (χ2n) is 0.435. The van der Waals surface area contributed by atoms with E-state index in [0.29, 0.717) is 0 Å². The number of hydrogen-bond donors (Lipinski definition) is 2. The Morgan fingerprint density at radius 3 is 1.67 bits per heavy atom. The molecule has 0 rings (SSSR count). The van der Waals surface area contributed by atoms with E-state index in [2.05, 4.69) is 4.52 Å². The molecule has 0 fully saturated rings. The van der Waals surface area contributed by atoms with Crippen molar-refractivity contribution in [1.82, 2.24) is 0 Å². The summed E-state index contributed by atoms with van der Waals surface area (Å²) in [6, 6.07) is 0. The van der Waals surface area contributed by atoms with Gasteiger partial charge in [-0.1, -0.05) is 0 Å². The van der Waals surface area contributed by atoms with Crippen LogP contribution < -0.4 is 0 Å². The van der Waals surface area contributed by atoms with E-state index >= 15 is 0 Å². The Bertz CT molecular complexity index is 24.8. The maximum Gasteiger partial charge on any atom is 0.326 e. The van der Waals surface area contributed by atoms with Crippen LogP contribution in [0.4, 0.5) is 0 Å². The maximum atomic E-state index is 7.76. The molecule has 0 saturated heterocycles. The molecule has 0 unspecified atom stereocenters. The molecule has 2 N–H and O–H groups in total. The van der Waals surface area contributed by atoms with Crippen molar-refractivity contribution in [2.24, 2.45) is 0 Å². The third-order valence-corrected chi connectivity index (χ3v) is 0.490. The molecular weight excluding hydrogens is 126 g/mol. The average Bonchev–Trinajstić information content (AvgIpc) is 1.38. The van der Waals surface area contributed by atoms with Crippen LogP contribution in [0.1, 0.15) is 0 Å². The minimum absolute atomic E-state index is 0. The van der Waals surface area contributed by atoms with Gasteiger partial charge in [-0.15, -0.1) is 12.4 Å². The summed E-state index contributed by atoms with van der Waals surface area (Å²) >= 11 is 0. The highest BCUT2D eigenvalue weighted by atomic mass is 35.5. The highest BCUT2D eigenvalue weighted by Crippen LogP contribution is 2.20. The van der Waals surface area contributed by atoms with Gasteiger partial charge in [0.1, 0.15) is 0 Å². The molecule has 0 aromatic rings. The second-order valence-corrected chi connectivity index (χ2v) is 1.31. The molecule has 0 aliphatic carbocycles. The Morgan fingerprint density at radius 2 is 1.67 bits per heavy atom. The SMILES string of the molecule is COP(O)O.Cl. The van der Waals surface area contributed by atoms with Crippen molar-refractivity contribution in [2.45, 2.75) is 0 Å². The molecule has 0 saturated carbocycles. The molecule has 0 radical (unpaired) electrons. The standard InChI is InChI=1S/CH5O3P.ClH/c1-4-5(2)3;/h2-3H,1H3;1H. The van der Waals surface area contributed by atoms with Crippen LogP contribution in [-0.4, -0.2) is 16.9 Å². The number of rotatable bonds is 1. The molecule has 0 aliphatic heterocycles. The Balaban J connectivity index is 0. The predicted molar refractivity (Wildman–Crippen MR) is 25.6 cm³/mol. The molecule has 0 aromatic carbocycles. The lowest BCUT2D eigenvalue weighted by Crippen LogP contribution is -1.67. The van der Waals surface area contributed by atoms with Crippen molar-refractivity contribution >= 4 is 21.0 Å². The fraction of sp³-hybridized carbons (Fsp3) is 1.00. The van der Waals surface area contributed by atoms with E-state index in [1.165, 1.54) is 7.11 Å². The lowest BCUT2D eigenvalue weighted by molar-refractivity contribution is 0.310. The minimum Gasteiger partial charge on any atom is -0.328 e. The van der Waals surface area contributed by atoms with Crippen molar-refractivity contribution < 1.29 is 14.3 Å². The molecular formula is CH6ClO3P. The number of hydrogen-bond acceptors (Lipinski definition) is 3. The van der Waals surface area contributed by atoms with Crippen LogP contribution in [0.15, 0.2) is 0 Å². The van der Waals surface area contributed by atoms with Gasteiger partial charge in [-0.3, -0.25) is 0 Å². The van der Waals surface area contributed by atoms with E-state index in [9.17, 15) is 0 Å². The molecule has 0 spiro atoms. The van der Waals surface area contributed by atoms with Crippen LogP contribution >= 0.6 is 21.0 Å². The summed E-state index contributed by atoms with van der Waals surface area (Å²) in [7, 11) is -0.870. The fourth-order valence-corrected chi connectivity index (χ4v) is 0. The fourth-order valence-electron chi connectivity index (χ4n) is 0. The monoisotopic (exact) mass is 132 g/mol. The van der Waals surface area contributed by atoms with Gasteiger partial charge >= 0.3 is 8.60 Å². The van der Waals surface area contributed by atoms with E-state index in [1.807, 2.05) is 0 Å². The smallest absolute Gasteiger partial charge is 0.326 e. The first-order valence-corrected chi connectivity index (χ1v) is 2.16. The Kier molecular flexibility index (Phi) is 9.13. The Morgan fingerprint density at radius 1 is 1.50 bits per heavy atom. The summed E-state index contributed by atoms with van der Waals surface area (Å²) in [6.07, 6.45) is 0. The second kappa shape index (κ2) is 5.60. The van der Waals surface area contributed by atoms with Crippen molar-refractivity contribution in [1.29, 1.82) is 0 Å². The molecule has 3 nitrogen and oxygen atoms in total. The average molecular weight is 132 g/mol. The van der Waals surface area contributed by atoms with Crippen LogP contribution in [0.5, 0.6) is 0 Å². The van der Waals surface area contributed by atoms with Gasteiger partial charge in [0.15, 0.2) is 0 Å². The maximum absolute atomic E-state index is 7.76. The highest BCUT2D eigenvalue weighted by molar-refractivity contribution is 7.39. The Hall–Kier alpha value is 0.600. The van der Waals surface area contributed by atoms with E-state index in [-0.39, 0.29) is 12.4 Å². The van der Waals surface area contributed by atoms with Crippen LogP contribution in [0.3, 0.4) is 0 Å². The van der Waals surface area contributed by atoms with Gasteiger partial charge in [-0.2, -0.15) is 0 Å². The van der Waals surface area contributed by atoms with Crippen molar-refractivity contribution in [3.63, 3.8) is 0 Å². The normalized spacial score (nSPS) is 8.00. The number of halogens is 1. The van der Waals surface area contributed by atoms with Gasteiger partial charge in [0.25, 0.3) is 0 Å². The zero-order valence-electron chi connectivity index (χ0n) is 3.16. The van der Waals surface area contributed by atoms with Crippen LogP contribution in [0.25, 0.3) is 0 Å². The summed E-state index contributed by atoms with van der Waals surface area (Å²) < 4.78 is 3.93. The first-order valence-electron chi connectivity index (χ1n) is 0.991. The lowest BCUT2D eigenvalue weighted by atomic mass is 11.8. The zero-order valence-corrected chi connectivity index (χ0v) is 4.87. The molecule has 0 amide bonds. The van der Waals surface area contributed by atoms with Crippen molar-refractivity contribution in [3.8, 4) is 0 Å². The van der Waals surface area contributed by atoms with Crippen molar-refractivity contribution in [2.75, 3.05) is 7.11 Å². The van der Waals surface area contributed by atoms with Crippen LogP contribution in [0, 0.1) is 0 Å². The minimum atomic E-state index is -2.10. The summed E-state index contributed by atoms with van der Waals surface area (Å²) in [6.45, 7) is 0. The van der Waals surface area contributed by atoms with Crippen LogP contribution in [0.2, 0.25) is 0 Å². The quantitative estimate of drug-likeness (QED) is 0.504. The summed E-state index contributed by atoms with van der Waals surface area (Å²) in [4.78, 5) is 15.5. The van der Waals surface area contributed by atoms with E-state index in [4.69, 9.17) is 9.79 Å². The van der Waals surface area contributed by atoms with Gasteiger partial charge in [-0.05, 0) is 0 Å². The van der Waals surface area contributed by atoms with Gasteiger partial charge in [-0.25, -0.2) is 0 Å². The van der Waals surface area contributed by atoms with Gasteiger partial charge in [0.05, 0.1) is 0 Å². The molecule has 0 heterocycles. The summed E-state index contributed by atoms with van der Waals surface area (Å²) in [5.74, 6) is 0. The van der Waals surface area contributed by atoms with Gasteiger partial charge in [0, 0.05) is 7.11 Å². The molecule has 0 aliphatic rings. The zero-order chi connectivity index (χ0) is 4.28. The van der Waals surface area contributed by atoms with Crippen molar-refractivity contribution in [3.05, 3.63) is 0 Å². The molecule has 40 valence electrons. The van der Waals surface area contributed by atoms with Gasteiger partial charge < -0.3 is 14.3 Å². The molecule has 6 heavy (non-hydrogen) atoms. The molecule has 0 aromatic heterocycles. The first kappa shape index (κ1) is 9.78. The molecule has 0 bridgehead atoms. The lowest BCUT2D eigenvalue weighted by Gasteiger charge is -1.89. The molecule has 0 atom stereocenters. The van der Waals surface area contributed by atoms with Crippen LogP contribution in [-0.2, 0) is 4.52 Å². The predicted octanol–water partition coefficient (Wildman–Crippen LogP) is 0.266. The van der Waals surface area contributed by atoms with E-state index in [0.717, 1.165) is 0 Å². The third kappa shape index (κ3) is 8.82. The van der Waals surface area contributed by atoms with Gasteiger partial charge in [0.2, 0.25) is 0 Å². The summed E-state index contributed by atoms with van der Waals surface area (Å²) in [5, 5.41) is 0. The first-order chi connectivity index (χ1) is 2.27. The largest absolute Gasteiger partial charge is 0.328 e. The topological polar surface area (TPSA) is 49.7 Å². The highest BCUT2D eigenvalue weighted by Gasteiger charge is 1.86. The third-order valence-electron chi connectivity index (χ3n) is 0.163. The summed E-state index contributed by atoms with van der Waals surface area (Å²) in [5.41, 5.74) is 0. The molecule has 5 heteroatoms.